The van der Waals surface area contributed by atoms with E-state index in [1.54, 1.807) is 6.89 Å². The van der Waals surface area contributed by atoms with Crippen molar-refractivity contribution in [3.8, 4) is 0 Å². The summed E-state index contributed by atoms with van der Waals surface area (Å²) in [7, 11) is 2.33. The van der Waals surface area contributed by atoms with Crippen molar-refractivity contribution in [2.45, 2.75) is 0 Å². The average Bonchev–Trinajstić information content (AvgIpc) is 1.61. The third kappa shape index (κ3) is 4.67. The van der Waals surface area contributed by atoms with E-state index in [0.717, 1.165) is 0 Å². The summed E-state index contributed by atoms with van der Waals surface area (Å²) < 4.78 is 11.2. The second-order valence-corrected chi connectivity index (χ2v) is 1.29. The zero-order chi connectivity index (χ0) is 4.83. The van der Waals surface area contributed by atoms with Gasteiger partial charge in [-0.15, -0.1) is 0 Å². The van der Waals surface area contributed by atoms with Gasteiger partial charge in [0.05, 0.1) is 0 Å². The molecule has 0 heterocycles. The molecule has 6 heteroatoms. The quantitative estimate of drug-likeness (QED) is 0.246. The predicted octanol–water partition coefficient (Wildman–Crippen LogP) is 0.405. The van der Waals surface area contributed by atoms with Crippen molar-refractivity contribution >= 4 is 35.2 Å². The Morgan fingerprint density at radius 1 is 1.83 bits per heavy atom. The van der Waals surface area contributed by atoms with Gasteiger partial charge in [0, 0.05) is 0 Å². The molecular weight excluding hydrogens is 115 g/mol. The molecule has 0 bridgehead atoms. The van der Waals surface area contributed by atoms with Gasteiger partial charge < -0.3 is 0 Å². The van der Waals surface area contributed by atoms with Crippen LogP contribution in [0.1, 0.15) is 0 Å². The van der Waals surface area contributed by atoms with E-state index < -0.39 is 0 Å². The summed E-state index contributed by atoms with van der Waals surface area (Å²) in [5.74, 6) is 0. The third-order valence-corrected chi connectivity index (χ3v) is 0.582. The molecule has 31 valence electrons. The van der Waals surface area contributed by atoms with E-state index in [-0.39, 0.29) is 0 Å². The first-order valence-corrected chi connectivity index (χ1v) is 2.69. The zero-order valence-corrected chi connectivity index (χ0v) is 5.01. The molecule has 0 saturated carbocycles. The summed E-state index contributed by atoms with van der Waals surface area (Å²) in [6, 6.07) is 0. The van der Waals surface area contributed by atoms with Gasteiger partial charge in [-0.05, 0) is 0 Å². The molecule has 0 aromatic heterocycles. The number of rotatable bonds is 2. The van der Waals surface area contributed by atoms with Crippen LogP contribution in [0.4, 0.5) is 0 Å². The predicted molar refractivity (Wildman–Crippen MR) is 33.9 cm³/mol. The molecule has 0 aromatic rings. The molecule has 6 heavy (non-hydrogen) atoms. The molecule has 0 rings (SSSR count). The fourth-order valence-corrected chi connectivity index (χ4v) is 0.398. The minimum absolute atomic E-state index is 0.451. The molecule has 0 spiro atoms. The summed E-state index contributed by atoms with van der Waals surface area (Å²) in [6.07, 6.45) is 0. The van der Waals surface area contributed by atoms with Crippen LogP contribution in [0, 0.1) is 0 Å². The summed E-state index contributed by atoms with van der Waals surface area (Å²) in [6.45, 7) is 3.14. The molecule has 0 aliphatic heterocycles. The molecule has 0 aliphatic carbocycles. The fourth-order valence-electron chi connectivity index (χ4n) is 0.0624. The normalized spacial score (nSPS) is 8.33. The Kier molecular flexibility index (Phi) is 6.30. The van der Waals surface area contributed by atoms with Crippen molar-refractivity contribution in [2.24, 2.45) is 4.30 Å². The molecule has 2 nitrogen and oxygen atoms in total. The second-order valence-electron chi connectivity index (χ2n) is 0.529. The van der Waals surface area contributed by atoms with Crippen LogP contribution in [0.2, 0.25) is 0 Å². The number of hydrogen-bond donors (Lipinski definition) is 1. The second kappa shape index (κ2) is 5.67. The van der Waals surface area contributed by atoms with E-state index >= 15 is 0 Å². The van der Waals surface area contributed by atoms with Crippen molar-refractivity contribution in [3.63, 3.8) is 0 Å². The topological polar surface area (TPSA) is 32.6 Å². The Bertz CT molecular complexity index is 42.8. The molecular formula is H3B2NOPS. The van der Waals surface area contributed by atoms with Crippen molar-refractivity contribution in [3.05, 3.63) is 0 Å². The molecule has 0 aliphatic rings. The summed E-state index contributed by atoms with van der Waals surface area (Å²) in [5, 5.41) is 0. The first-order valence-electron chi connectivity index (χ1n) is 1.29. The van der Waals surface area contributed by atoms with Gasteiger partial charge in [-0.3, -0.25) is 0 Å². The maximum atomic E-state index is 7.89. The van der Waals surface area contributed by atoms with Crippen LogP contribution in [-0.4, -0.2) is 18.4 Å². The van der Waals surface area contributed by atoms with E-state index in [0.29, 0.717) is 12.2 Å². The van der Waals surface area contributed by atoms with Gasteiger partial charge in [-0.1, -0.05) is 0 Å². The first kappa shape index (κ1) is 6.67. The van der Waals surface area contributed by atoms with Gasteiger partial charge in [0.15, 0.2) is 0 Å². The molecule has 1 radical (unpaired) electrons. The Morgan fingerprint density at radius 2 is 2.50 bits per heavy atom. The fraction of sp³-hybridized carbons (Fsp3) is 0. The van der Waals surface area contributed by atoms with Crippen LogP contribution in [0.5, 0.6) is 0 Å². The number of nitrogens with zero attached hydrogens (tertiary/aromatic N) is 1. The van der Waals surface area contributed by atoms with E-state index in [9.17, 15) is 0 Å². The Morgan fingerprint density at radius 3 is 2.67 bits per heavy atom. The molecule has 0 fully saturated rings. The molecule has 0 amide bonds. The van der Waals surface area contributed by atoms with Gasteiger partial charge in [-0.25, -0.2) is 0 Å². The van der Waals surface area contributed by atoms with Crippen LogP contribution < -0.4 is 0 Å². The van der Waals surface area contributed by atoms with Crippen LogP contribution in [0.15, 0.2) is 4.30 Å². The zero-order valence-electron chi connectivity index (χ0n) is 3.03. The average molecular weight is 118 g/mol. The van der Waals surface area contributed by atoms with Crippen LogP contribution in [0.25, 0.3) is 0 Å². The van der Waals surface area contributed by atoms with Crippen molar-refractivity contribution in [1.82, 2.24) is 0 Å². The molecule has 1 atom stereocenters. The summed E-state index contributed by atoms with van der Waals surface area (Å²) in [4.78, 5) is 0. The van der Waals surface area contributed by atoms with Gasteiger partial charge in [0.1, 0.15) is 0 Å². The van der Waals surface area contributed by atoms with Gasteiger partial charge in [0.2, 0.25) is 0 Å². The van der Waals surface area contributed by atoms with Crippen LogP contribution in [0.3, 0.4) is 0 Å². The van der Waals surface area contributed by atoms with Crippen molar-refractivity contribution in [1.29, 1.82) is 0 Å². The Labute approximate surface area is 44.8 Å². The van der Waals surface area contributed by atoms with E-state index in [1.165, 1.54) is 6.96 Å². The van der Waals surface area contributed by atoms with Crippen LogP contribution >= 0.6 is 21.3 Å². The van der Waals surface area contributed by atoms with Crippen molar-refractivity contribution in [2.75, 3.05) is 0 Å². The SMILES string of the molecule is OSN=B[B]P. The number of hydrogen-bond acceptors (Lipinski definition) is 3. The minimum atomic E-state index is 0.451. The molecule has 0 aromatic carbocycles. The Balaban J connectivity index is 2.73. The van der Waals surface area contributed by atoms with E-state index in [1.807, 2.05) is 0 Å². The van der Waals surface area contributed by atoms with Gasteiger partial charge >= 0.3 is 44.1 Å². The van der Waals surface area contributed by atoms with Crippen molar-refractivity contribution < 1.29 is 4.55 Å². The third-order valence-electron chi connectivity index (χ3n) is 0.194. The summed E-state index contributed by atoms with van der Waals surface area (Å²) in [5.41, 5.74) is 0. The first-order chi connectivity index (χ1) is 2.91. The Hall–Kier alpha value is 0.670. The monoisotopic (exact) mass is 118 g/mol. The standard InChI is InChI=1S/B2H3NOPS/c4-6-3-1-2-5/h4H,5H2. The molecule has 0 saturated heterocycles. The maximum absolute atomic E-state index is 7.89. The van der Waals surface area contributed by atoms with E-state index in [2.05, 4.69) is 13.4 Å². The van der Waals surface area contributed by atoms with Gasteiger partial charge in [-0.2, -0.15) is 0 Å². The van der Waals surface area contributed by atoms with E-state index in [4.69, 9.17) is 4.55 Å². The van der Waals surface area contributed by atoms with Crippen LogP contribution in [-0.2, 0) is 0 Å². The van der Waals surface area contributed by atoms with Gasteiger partial charge in [0.25, 0.3) is 0 Å². The molecule has 1 N–H and O–H groups in total. The summed E-state index contributed by atoms with van der Waals surface area (Å²) >= 11 is 0.451. The molecule has 1 unspecified atom stereocenters.